The van der Waals surface area contributed by atoms with E-state index in [1.807, 2.05) is 29.8 Å². The SMILES string of the molecule is Cc1ncnc2c1ccn2[C@@H]1C[C@H](Oc2cc(Cl)cc3c2CNCC3)[C@@H](O)[C@H]1O. The van der Waals surface area contributed by atoms with Crippen molar-refractivity contribution >= 4 is 22.6 Å². The second kappa shape index (κ2) is 7.25. The topological polar surface area (TPSA) is 92.4 Å². The van der Waals surface area contributed by atoms with E-state index >= 15 is 0 Å². The van der Waals surface area contributed by atoms with E-state index in [1.165, 1.54) is 11.9 Å². The monoisotopic (exact) mass is 414 g/mol. The van der Waals surface area contributed by atoms with Crippen molar-refractivity contribution < 1.29 is 14.9 Å². The van der Waals surface area contributed by atoms with E-state index < -0.39 is 18.3 Å². The summed E-state index contributed by atoms with van der Waals surface area (Å²) >= 11 is 6.29. The van der Waals surface area contributed by atoms with Crippen LogP contribution in [0.25, 0.3) is 11.0 Å². The third-order valence-corrected chi connectivity index (χ3v) is 6.30. The van der Waals surface area contributed by atoms with Crippen molar-refractivity contribution in [3.8, 4) is 5.75 Å². The quantitative estimate of drug-likeness (QED) is 0.608. The number of aliphatic hydroxyl groups is 2. The zero-order valence-electron chi connectivity index (χ0n) is 16.0. The molecule has 0 radical (unpaired) electrons. The van der Waals surface area contributed by atoms with Crippen LogP contribution in [0.15, 0.2) is 30.7 Å². The van der Waals surface area contributed by atoms with Crippen molar-refractivity contribution in [2.75, 3.05) is 6.54 Å². The largest absolute Gasteiger partial charge is 0.487 e. The Balaban J connectivity index is 1.45. The minimum Gasteiger partial charge on any atom is -0.487 e. The van der Waals surface area contributed by atoms with Gasteiger partial charge in [0.15, 0.2) is 0 Å². The number of aliphatic hydroxyl groups excluding tert-OH is 2. The summed E-state index contributed by atoms with van der Waals surface area (Å²) in [6.07, 6.45) is 2.25. The summed E-state index contributed by atoms with van der Waals surface area (Å²) in [5.74, 6) is 0.673. The average molecular weight is 415 g/mol. The molecule has 3 N–H and O–H groups in total. The predicted octanol–water partition coefficient (Wildman–Crippen LogP) is 2.15. The van der Waals surface area contributed by atoms with Gasteiger partial charge in [0, 0.05) is 35.1 Å². The van der Waals surface area contributed by atoms with Gasteiger partial charge in [-0.05, 0) is 43.7 Å². The molecule has 4 atom stereocenters. The maximum Gasteiger partial charge on any atom is 0.143 e. The lowest BCUT2D eigenvalue weighted by molar-refractivity contribution is -0.0166. The molecule has 1 fully saturated rings. The second-order valence-corrected chi connectivity index (χ2v) is 8.26. The van der Waals surface area contributed by atoms with Gasteiger partial charge in [-0.2, -0.15) is 0 Å². The first kappa shape index (κ1) is 18.8. The Morgan fingerprint density at radius 3 is 2.97 bits per heavy atom. The Morgan fingerprint density at radius 2 is 2.10 bits per heavy atom. The first-order valence-electron chi connectivity index (χ1n) is 9.86. The second-order valence-electron chi connectivity index (χ2n) is 7.83. The molecule has 29 heavy (non-hydrogen) atoms. The number of halogens is 1. The first-order chi connectivity index (χ1) is 14.0. The number of hydrogen-bond donors (Lipinski definition) is 3. The van der Waals surface area contributed by atoms with Crippen LogP contribution in [0.4, 0.5) is 0 Å². The van der Waals surface area contributed by atoms with Crippen LogP contribution in [0.3, 0.4) is 0 Å². The molecule has 152 valence electrons. The van der Waals surface area contributed by atoms with Gasteiger partial charge < -0.3 is 24.8 Å². The van der Waals surface area contributed by atoms with Crippen LogP contribution in [0.1, 0.15) is 29.3 Å². The van der Waals surface area contributed by atoms with E-state index in [2.05, 4.69) is 15.3 Å². The van der Waals surface area contributed by atoms with Crippen LogP contribution < -0.4 is 10.1 Å². The first-order valence-corrected chi connectivity index (χ1v) is 10.2. The highest BCUT2D eigenvalue weighted by Crippen LogP contribution is 2.38. The van der Waals surface area contributed by atoms with Gasteiger partial charge in [0.05, 0.1) is 11.7 Å². The number of nitrogens with one attached hydrogen (secondary N) is 1. The predicted molar refractivity (Wildman–Crippen MR) is 109 cm³/mol. The molecular weight excluding hydrogens is 392 g/mol. The minimum atomic E-state index is -1.01. The van der Waals surface area contributed by atoms with E-state index in [0.717, 1.165) is 35.3 Å². The number of ether oxygens (including phenoxy) is 1. The van der Waals surface area contributed by atoms with Gasteiger partial charge in [0.25, 0.3) is 0 Å². The lowest BCUT2D eigenvalue weighted by Crippen LogP contribution is -2.34. The Kier molecular flexibility index (Phi) is 4.70. The number of hydrogen-bond acceptors (Lipinski definition) is 6. The zero-order chi connectivity index (χ0) is 20.1. The summed E-state index contributed by atoms with van der Waals surface area (Å²) in [5, 5.41) is 26.4. The Bertz CT molecular complexity index is 1070. The van der Waals surface area contributed by atoms with Crippen molar-refractivity contribution in [3.63, 3.8) is 0 Å². The van der Waals surface area contributed by atoms with Gasteiger partial charge in [-0.25, -0.2) is 9.97 Å². The summed E-state index contributed by atoms with van der Waals surface area (Å²) in [7, 11) is 0. The maximum atomic E-state index is 10.8. The molecular formula is C21H23ClN4O3. The summed E-state index contributed by atoms with van der Waals surface area (Å²) in [5.41, 5.74) is 3.87. The summed E-state index contributed by atoms with van der Waals surface area (Å²) in [4.78, 5) is 8.60. The molecule has 2 aliphatic rings. The summed E-state index contributed by atoms with van der Waals surface area (Å²) in [6.45, 7) is 3.53. The fourth-order valence-electron chi connectivity index (χ4n) is 4.52. The number of fused-ring (bicyclic) bond motifs is 2. The Hall–Kier alpha value is -2.19. The van der Waals surface area contributed by atoms with Crippen LogP contribution in [0, 0.1) is 6.92 Å². The van der Waals surface area contributed by atoms with Crippen LogP contribution in [0.2, 0.25) is 5.02 Å². The lowest BCUT2D eigenvalue weighted by atomic mass is 10.00. The minimum absolute atomic E-state index is 0.338. The number of aromatic nitrogens is 3. The summed E-state index contributed by atoms with van der Waals surface area (Å²) < 4.78 is 8.13. The van der Waals surface area contributed by atoms with Gasteiger partial charge in [-0.15, -0.1) is 0 Å². The highest BCUT2D eigenvalue weighted by molar-refractivity contribution is 6.30. The van der Waals surface area contributed by atoms with Crippen molar-refractivity contribution in [2.24, 2.45) is 0 Å². The average Bonchev–Trinajstić information content (AvgIpc) is 3.25. The van der Waals surface area contributed by atoms with Crippen LogP contribution in [-0.2, 0) is 13.0 Å². The molecule has 0 amide bonds. The maximum absolute atomic E-state index is 10.8. The van der Waals surface area contributed by atoms with E-state index in [9.17, 15) is 10.2 Å². The van der Waals surface area contributed by atoms with Crippen LogP contribution >= 0.6 is 11.6 Å². The zero-order valence-corrected chi connectivity index (χ0v) is 16.8. The molecule has 0 bridgehead atoms. The number of rotatable bonds is 3. The molecule has 1 aliphatic heterocycles. The van der Waals surface area contributed by atoms with Gasteiger partial charge in [0.1, 0.15) is 36.0 Å². The van der Waals surface area contributed by atoms with E-state index in [0.29, 0.717) is 23.7 Å². The van der Waals surface area contributed by atoms with Crippen molar-refractivity contribution in [1.82, 2.24) is 19.9 Å². The van der Waals surface area contributed by atoms with Gasteiger partial charge in [-0.1, -0.05) is 11.6 Å². The van der Waals surface area contributed by atoms with E-state index in [4.69, 9.17) is 16.3 Å². The molecule has 1 aliphatic carbocycles. The number of nitrogens with zero attached hydrogens (tertiary/aromatic N) is 3. The highest BCUT2D eigenvalue weighted by atomic mass is 35.5. The molecule has 7 nitrogen and oxygen atoms in total. The Labute approximate surface area is 173 Å². The van der Waals surface area contributed by atoms with Crippen molar-refractivity contribution in [1.29, 1.82) is 0 Å². The molecule has 1 saturated carbocycles. The van der Waals surface area contributed by atoms with Crippen molar-refractivity contribution in [3.05, 3.63) is 52.6 Å². The molecule has 1 aromatic carbocycles. The lowest BCUT2D eigenvalue weighted by Gasteiger charge is -2.24. The normalized spacial score (nSPS) is 26.6. The van der Waals surface area contributed by atoms with E-state index in [1.54, 1.807) is 6.07 Å². The third-order valence-electron chi connectivity index (χ3n) is 6.08. The third kappa shape index (κ3) is 3.18. The smallest absolute Gasteiger partial charge is 0.143 e. The van der Waals surface area contributed by atoms with Crippen LogP contribution in [0.5, 0.6) is 5.75 Å². The summed E-state index contributed by atoms with van der Waals surface area (Å²) in [6, 6.07) is 5.37. The molecule has 3 aromatic rings. The molecule has 5 rings (SSSR count). The Morgan fingerprint density at radius 1 is 1.24 bits per heavy atom. The van der Waals surface area contributed by atoms with Gasteiger partial charge in [0.2, 0.25) is 0 Å². The molecule has 2 aromatic heterocycles. The van der Waals surface area contributed by atoms with Crippen molar-refractivity contribution in [2.45, 2.75) is 50.7 Å². The molecule has 0 spiro atoms. The molecule has 8 heteroatoms. The molecule has 3 heterocycles. The number of benzene rings is 1. The van der Waals surface area contributed by atoms with Gasteiger partial charge in [-0.3, -0.25) is 0 Å². The van der Waals surface area contributed by atoms with Crippen LogP contribution in [-0.4, -0.2) is 49.6 Å². The number of aryl methyl sites for hydroxylation is 1. The van der Waals surface area contributed by atoms with E-state index in [-0.39, 0.29) is 6.04 Å². The fourth-order valence-corrected chi connectivity index (χ4v) is 4.75. The highest BCUT2D eigenvalue weighted by Gasteiger charge is 2.44. The molecule has 0 unspecified atom stereocenters. The fraction of sp³-hybridized carbons (Fsp3) is 0.429. The standard InChI is InChI=1S/C21H23ClN4O3/c1-11-14-3-5-26(21(14)25-10-24-11)16-8-18(20(28)19(16)27)29-17-7-13(22)6-12-2-4-23-9-15(12)17/h3,5-7,10,16,18-20,23,27-28H,2,4,8-9H2,1H3/t16-,18+,19+,20-/m1/s1. The molecule has 0 saturated heterocycles. The van der Waals surface area contributed by atoms with Gasteiger partial charge >= 0.3 is 0 Å².